The molecule has 0 spiro atoms. The monoisotopic (exact) mass is 407 g/mol. The third-order valence-electron chi connectivity index (χ3n) is 5.80. The van der Waals surface area contributed by atoms with Crippen LogP contribution in [0, 0.1) is 12.3 Å². The molecule has 0 aromatic heterocycles. The molecule has 4 nitrogen and oxygen atoms in total. The van der Waals surface area contributed by atoms with Crippen molar-refractivity contribution in [2.45, 2.75) is 38.6 Å². The molecule has 0 bridgehead atoms. The highest BCUT2D eigenvalue weighted by Gasteiger charge is 2.48. The van der Waals surface area contributed by atoms with E-state index in [0.717, 1.165) is 23.3 Å². The zero-order chi connectivity index (χ0) is 21.2. The van der Waals surface area contributed by atoms with Crippen molar-refractivity contribution in [1.29, 1.82) is 0 Å². The summed E-state index contributed by atoms with van der Waals surface area (Å²) >= 11 is 0. The number of alkyl halides is 3. The maximum absolute atomic E-state index is 13.0. The number of carboxylic acid groups (broad SMARTS) is 1. The van der Waals surface area contributed by atoms with Gasteiger partial charge in [0.05, 0.1) is 11.7 Å². The maximum Gasteiger partial charge on any atom is 0.416 e. The molecule has 1 aliphatic heterocycles. The Morgan fingerprint density at radius 1 is 1.21 bits per heavy atom. The Kier molecular flexibility index (Phi) is 6.00. The first-order valence-corrected chi connectivity index (χ1v) is 9.46. The largest absolute Gasteiger partial charge is 0.481 e. The first kappa shape index (κ1) is 21.3. The van der Waals surface area contributed by atoms with E-state index in [1.165, 1.54) is 6.07 Å². The zero-order valence-electron chi connectivity index (χ0n) is 16.1. The number of likely N-dealkylation sites (tertiary alicyclic amines) is 1. The van der Waals surface area contributed by atoms with Crippen LogP contribution in [0.25, 0.3) is 0 Å². The van der Waals surface area contributed by atoms with Crippen molar-refractivity contribution in [2.24, 2.45) is 5.41 Å². The molecule has 0 saturated carbocycles. The van der Waals surface area contributed by atoms with Gasteiger partial charge in [-0.15, -0.1) is 0 Å². The van der Waals surface area contributed by atoms with E-state index in [4.69, 9.17) is 0 Å². The molecule has 1 heterocycles. The van der Waals surface area contributed by atoms with E-state index in [1.807, 2.05) is 35.2 Å². The molecule has 2 N–H and O–H groups in total. The summed E-state index contributed by atoms with van der Waals surface area (Å²) in [4.78, 5) is 13.9. The second-order valence-corrected chi connectivity index (χ2v) is 7.76. The fourth-order valence-electron chi connectivity index (χ4n) is 3.93. The minimum absolute atomic E-state index is 0.0921. The van der Waals surface area contributed by atoms with Crippen molar-refractivity contribution in [3.63, 3.8) is 0 Å². The van der Waals surface area contributed by atoms with E-state index in [9.17, 15) is 28.2 Å². The lowest BCUT2D eigenvalue weighted by Gasteiger charge is -2.43. The van der Waals surface area contributed by atoms with Gasteiger partial charge in [0.15, 0.2) is 0 Å². The minimum atomic E-state index is -4.42. The molecule has 2 aromatic rings. The van der Waals surface area contributed by atoms with E-state index in [0.29, 0.717) is 12.1 Å². The van der Waals surface area contributed by atoms with Gasteiger partial charge in [-0.1, -0.05) is 36.4 Å². The molecule has 1 saturated heterocycles. The van der Waals surface area contributed by atoms with Crippen LogP contribution in [0.5, 0.6) is 0 Å². The third-order valence-corrected chi connectivity index (χ3v) is 5.80. The lowest BCUT2D eigenvalue weighted by atomic mass is 9.71. The fourth-order valence-corrected chi connectivity index (χ4v) is 3.93. The highest BCUT2D eigenvalue weighted by Crippen LogP contribution is 2.37. The number of hydrogen-bond donors (Lipinski definition) is 2. The van der Waals surface area contributed by atoms with Crippen LogP contribution in [0.4, 0.5) is 13.2 Å². The molecule has 0 unspecified atom stereocenters. The molecular weight excluding hydrogens is 383 g/mol. The fraction of sp³-hybridized carbons (Fsp3) is 0.409. The number of β-amino-alcohol motifs (C(OH)–C–C–N with tert-alkyl or cyclic N) is 1. The van der Waals surface area contributed by atoms with Gasteiger partial charge in [0.1, 0.15) is 5.41 Å². The molecular formula is C22H24F3NO3. The molecule has 0 aliphatic carbocycles. The van der Waals surface area contributed by atoms with Gasteiger partial charge in [0.2, 0.25) is 0 Å². The number of carboxylic acids is 1. The van der Waals surface area contributed by atoms with Crippen LogP contribution in [0.3, 0.4) is 0 Å². The van der Waals surface area contributed by atoms with Crippen LogP contribution in [0.1, 0.15) is 28.7 Å². The summed E-state index contributed by atoms with van der Waals surface area (Å²) in [6, 6.07) is 12.8. The van der Waals surface area contributed by atoms with Crippen molar-refractivity contribution in [2.75, 3.05) is 13.1 Å². The predicted octanol–water partition coefficient (Wildman–Crippen LogP) is 3.89. The summed E-state index contributed by atoms with van der Waals surface area (Å²) in [6.45, 7) is 2.45. The molecule has 1 fully saturated rings. The highest BCUT2D eigenvalue weighted by molar-refractivity contribution is 5.76. The van der Waals surface area contributed by atoms with Gasteiger partial charge in [0, 0.05) is 13.1 Å². The van der Waals surface area contributed by atoms with Gasteiger partial charge in [-0.3, -0.25) is 9.69 Å². The number of hydrogen-bond acceptors (Lipinski definition) is 3. The Morgan fingerprint density at radius 3 is 2.48 bits per heavy atom. The van der Waals surface area contributed by atoms with Gasteiger partial charge in [-0.2, -0.15) is 13.2 Å². The second-order valence-electron chi connectivity index (χ2n) is 7.76. The lowest BCUT2D eigenvalue weighted by Crippen LogP contribution is -2.55. The van der Waals surface area contributed by atoms with Crippen molar-refractivity contribution in [3.8, 4) is 0 Å². The molecule has 1 aliphatic rings. The minimum Gasteiger partial charge on any atom is -0.481 e. The number of nitrogens with zero attached hydrogens (tertiary/aromatic N) is 1. The summed E-state index contributed by atoms with van der Waals surface area (Å²) in [5, 5.41) is 20.6. The molecule has 7 heteroatoms. The number of halogens is 3. The van der Waals surface area contributed by atoms with E-state index in [2.05, 4.69) is 0 Å². The molecule has 3 rings (SSSR count). The summed E-state index contributed by atoms with van der Waals surface area (Å²) < 4.78 is 39.1. The molecule has 0 radical (unpaired) electrons. The summed E-state index contributed by atoms with van der Waals surface area (Å²) in [5.41, 5.74) is 0.0706. The Bertz CT molecular complexity index is 869. The smallest absolute Gasteiger partial charge is 0.416 e. The second kappa shape index (κ2) is 8.16. The summed E-state index contributed by atoms with van der Waals surface area (Å²) in [5.74, 6) is -1.05. The number of piperidine rings is 1. The third kappa shape index (κ3) is 4.62. The number of aliphatic hydroxyl groups is 1. The first-order valence-electron chi connectivity index (χ1n) is 9.46. The van der Waals surface area contributed by atoms with Crippen molar-refractivity contribution in [1.82, 2.24) is 4.90 Å². The lowest BCUT2D eigenvalue weighted by molar-refractivity contribution is -0.163. The predicted molar refractivity (Wildman–Crippen MR) is 102 cm³/mol. The van der Waals surface area contributed by atoms with Crippen LogP contribution in [-0.4, -0.2) is 40.3 Å². The first-order chi connectivity index (χ1) is 13.6. The summed E-state index contributed by atoms with van der Waals surface area (Å²) in [7, 11) is 0. The molecule has 2 aromatic carbocycles. The van der Waals surface area contributed by atoms with Crippen LogP contribution >= 0.6 is 0 Å². The number of aliphatic hydroxyl groups excluding tert-OH is 1. The Morgan fingerprint density at radius 2 is 1.90 bits per heavy atom. The highest BCUT2D eigenvalue weighted by atomic mass is 19.4. The maximum atomic E-state index is 13.0. The average molecular weight is 407 g/mol. The molecule has 29 heavy (non-hydrogen) atoms. The van der Waals surface area contributed by atoms with Crippen molar-refractivity contribution in [3.05, 3.63) is 70.8 Å². The zero-order valence-corrected chi connectivity index (χ0v) is 16.1. The Balaban J connectivity index is 1.76. The van der Waals surface area contributed by atoms with Crippen molar-refractivity contribution >= 4 is 5.97 Å². The van der Waals surface area contributed by atoms with Gasteiger partial charge in [0.25, 0.3) is 0 Å². The van der Waals surface area contributed by atoms with Crippen LogP contribution < -0.4 is 0 Å². The van der Waals surface area contributed by atoms with Crippen molar-refractivity contribution < 1.29 is 28.2 Å². The van der Waals surface area contributed by atoms with Gasteiger partial charge in [-0.25, -0.2) is 0 Å². The van der Waals surface area contributed by atoms with E-state index in [1.54, 1.807) is 6.92 Å². The van der Waals surface area contributed by atoms with E-state index in [-0.39, 0.29) is 25.9 Å². The number of benzene rings is 2. The number of aliphatic carboxylic acids is 1. The quantitative estimate of drug-likeness (QED) is 0.790. The van der Waals surface area contributed by atoms with Crippen LogP contribution in [0.15, 0.2) is 48.5 Å². The van der Waals surface area contributed by atoms with Gasteiger partial charge >= 0.3 is 12.1 Å². The Hall–Kier alpha value is -2.38. The Labute approximate surface area is 167 Å². The SMILES string of the molecule is Cc1ccc(C(F)(F)F)cc1CN1CC[C@](Cc2ccccc2)(C(=O)O)[C@@H](O)C1. The number of aryl methyl sites for hydroxylation is 1. The number of rotatable bonds is 5. The summed E-state index contributed by atoms with van der Waals surface area (Å²) in [6.07, 6.45) is -5.12. The molecule has 156 valence electrons. The van der Waals surface area contributed by atoms with E-state index >= 15 is 0 Å². The van der Waals surface area contributed by atoms with Gasteiger partial charge < -0.3 is 10.2 Å². The molecule has 2 atom stereocenters. The van der Waals surface area contributed by atoms with Gasteiger partial charge in [-0.05, 0) is 55.1 Å². The van der Waals surface area contributed by atoms with Crippen LogP contribution in [-0.2, 0) is 23.9 Å². The van der Waals surface area contributed by atoms with Crippen LogP contribution in [0.2, 0.25) is 0 Å². The normalized spacial score (nSPS) is 23.1. The topological polar surface area (TPSA) is 60.8 Å². The number of carbonyl (C=O) groups is 1. The molecule has 0 amide bonds. The standard InChI is InChI=1S/C22H24F3NO3/c1-15-7-8-18(22(23,24)25)11-17(15)13-26-10-9-21(20(28)29,19(27)14-26)12-16-5-3-2-4-6-16/h2-8,11,19,27H,9-10,12-14H2,1H3,(H,28,29)/t19-,21+/m0/s1. The average Bonchev–Trinajstić information content (AvgIpc) is 2.65. The van der Waals surface area contributed by atoms with E-state index < -0.39 is 29.2 Å².